The highest BCUT2D eigenvalue weighted by atomic mass is 32.1. The number of aryl methyl sites for hydroxylation is 2. The van der Waals surface area contributed by atoms with E-state index in [0.717, 1.165) is 27.7 Å². The maximum absolute atomic E-state index is 13.0. The lowest BCUT2D eigenvalue weighted by molar-refractivity contribution is -0.121. The topological polar surface area (TPSA) is 45.2 Å². The zero-order valence-electron chi connectivity index (χ0n) is 18.5. The second-order valence-corrected chi connectivity index (χ2v) is 10.4. The quantitative estimate of drug-likeness (QED) is 0.685. The molecule has 1 aliphatic carbocycles. The molecule has 0 bridgehead atoms. The zero-order chi connectivity index (χ0) is 21.0. The van der Waals surface area contributed by atoms with Gasteiger partial charge < -0.3 is 5.32 Å². The number of hydrogen-bond acceptors (Lipinski definition) is 4. The van der Waals surface area contributed by atoms with Gasteiger partial charge in [-0.15, -0.1) is 11.3 Å². The van der Waals surface area contributed by atoms with E-state index in [1.807, 2.05) is 6.92 Å². The minimum Gasteiger partial charge on any atom is -0.354 e. The van der Waals surface area contributed by atoms with E-state index in [9.17, 15) is 4.79 Å². The van der Waals surface area contributed by atoms with E-state index < -0.39 is 0 Å². The number of piperidine rings is 1. The smallest absolute Gasteiger partial charge is 0.225 e. The van der Waals surface area contributed by atoms with Crippen molar-refractivity contribution in [2.45, 2.75) is 77.2 Å². The fourth-order valence-electron chi connectivity index (χ4n) is 5.18. The molecule has 2 fully saturated rings. The summed E-state index contributed by atoms with van der Waals surface area (Å²) in [5.41, 5.74) is 3.49. The van der Waals surface area contributed by atoms with Crippen molar-refractivity contribution in [3.63, 3.8) is 0 Å². The highest BCUT2D eigenvalue weighted by Crippen LogP contribution is 2.35. The van der Waals surface area contributed by atoms with Crippen LogP contribution >= 0.6 is 11.3 Å². The van der Waals surface area contributed by atoms with E-state index in [-0.39, 0.29) is 11.4 Å². The summed E-state index contributed by atoms with van der Waals surface area (Å²) in [5, 5.41) is 4.35. The minimum absolute atomic E-state index is 0.133. The second-order valence-electron chi connectivity index (χ2n) is 9.16. The van der Waals surface area contributed by atoms with E-state index in [1.165, 1.54) is 70.0 Å². The van der Waals surface area contributed by atoms with Crippen LogP contribution < -0.4 is 5.32 Å². The predicted octanol–water partition coefficient (Wildman–Crippen LogP) is 5.27. The molecule has 5 heteroatoms. The lowest BCUT2D eigenvalue weighted by atomic mass is 9.79. The molecule has 0 spiro atoms. The van der Waals surface area contributed by atoms with Crippen molar-refractivity contribution < 1.29 is 4.79 Å². The summed E-state index contributed by atoms with van der Waals surface area (Å²) >= 11 is 1.65. The maximum Gasteiger partial charge on any atom is 0.225 e. The third-order valence-electron chi connectivity index (χ3n) is 6.88. The Hall–Kier alpha value is -1.72. The third kappa shape index (κ3) is 4.94. The molecule has 1 N–H and O–H groups in total. The van der Waals surface area contributed by atoms with Gasteiger partial charge in [0.15, 0.2) is 0 Å². The third-order valence-corrected chi connectivity index (χ3v) is 7.85. The molecule has 162 valence electrons. The van der Waals surface area contributed by atoms with Gasteiger partial charge in [0.1, 0.15) is 0 Å². The Morgan fingerprint density at radius 1 is 1.03 bits per heavy atom. The Balaban J connectivity index is 1.43. The highest BCUT2D eigenvalue weighted by molar-refractivity contribution is 7.12. The van der Waals surface area contributed by atoms with Crippen LogP contribution in [0.25, 0.3) is 11.3 Å². The van der Waals surface area contributed by atoms with E-state index in [0.29, 0.717) is 6.42 Å². The average Bonchev–Trinajstić information content (AvgIpc) is 3.14. The normalized spacial score (nSPS) is 19.5. The number of likely N-dealkylation sites (tertiary alicyclic amines) is 1. The second kappa shape index (κ2) is 9.61. The van der Waals surface area contributed by atoms with Crippen LogP contribution in [0.2, 0.25) is 0 Å². The molecule has 2 aliphatic rings. The summed E-state index contributed by atoms with van der Waals surface area (Å²) in [7, 11) is 0. The van der Waals surface area contributed by atoms with Crippen LogP contribution in [0, 0.1) is 13.8 Å². The molecule has 0 radical (unpaired) electrons. The van der Waals surface area contributed by atoms with Gasteiger partial charge in [-0.1, -0.05) is 55.5 Å². The summed E-state index contributed by atoms with van der Waals surface area (Å²) < 4.78 is 0. The van der Waals surface area contributed by atoms with Crippen molar-refractivity contribution in [1.29, 1.82) is 0 Å². The molecular formula is C25H35N3OS. The van der Waals surface area contributed by atoms with Gasteiger partial charge in [-0.25, -0.2) is 4.98 Å². The first-order chi connectivity index (χ1) is 14.6. The van der Waals surface area contributed by atoms with Gasteiger partial charge in [0.25, 0.3) is 0 Å². The summed E-state index contributed by atoms with van der Waals surface area (Å²) in [4.78, 5) is 21.5. The van der Waals surface area contributed by atoms with E-state index in [4.69, 9.17) is 4.98 Å². The lowest BCUT2D eigenvalue weighted by Crippen LogP contribution is -2.58. The van der Waals surface area contributed by atoms with Crippen molar-refractivity contribution in [2.24, 2.45) is 0 Å². The number of aromatic nitrogens is 1. The van der Waals surface area contributed by atoms with Gasteiger partial charge in [-0.2, -0.15) is 0 Å². The van der Waals surface area contributed by atoms with Gasteiger partial charge in [-0.3, -0.25) is 9.69 Å². The number of carbonyl (C=O) groups excluding carboxylic acids is 1. The summed E-state index contributed by atoms with van der Waals surface area (Å²) in [5.74, 6) is 0.133. The van der Waals surface area contributed by atoms with Crippen LogP contribution in [-0.2, 0) is 11.2 Å². The fourth-order valence-corrected chi connectivity index (χ4v) is 6.14. The molecule has 1 saturated heterocycles. The van der Waals surface area contributed by atoms with Gasteiger partial charge in [0, 0.05) is 22.5 Å². The largest absolute Gasteiger partial charge is 0.354 e. The Labute approximate surface area is 185 Å². The summed E-state index contributed by atoms with van der Waals surface area (Å²) in [6.07, 6.45) is 10.7. The lowest BCUT2D eigenvalue weighted by Gasteiger charge is -2.48. The van der Waals surface area contributed by atoms with Crippen LogP contribution in [0.3, 0.4) is 0 Å². The van der Waals surface area contributed by atoms with Crippen molar-refractivity contribution in [3.05, 3.63) is 39.7 Å². The summed E-state index contributed by atoms with van der Waals surface area (Å²) in [6.45, 7) is 7.30. The fraction of sp³-hybridized carbons (Fsp3) is 0.600. The zero-order valence-corrected chi connectivity index (χ0v) is 19.3. The minimum atomic E-state index is 0.133. The predicted molar refractivity (Wildman–Crippen MR) is 125 cm³/mol. The van der Waals surface area contributed by atoms with Gasteiger partial charge in [-0.05, 0) is 52.6 Å². The Morgan fingerprint density at radius 3 is 2.40 bits per heavy atom. The standard InChI is InChI=1S/C25H35N3OS/c1-19-9-11-21(12-10-19)24-22(30-20(2)27-24)17-23(29)26-18-25(13-5-3-6-14-25)28-15-7-4-8-16-28/h9-12H,3-8,13-18H2,1-2H3,(H,26,29). The Bertz CT molecular complexity index is 846. The van der Waals surface area contributed by atoms with Crippen LogP contribution in [0.1, 0.15) is 66.8 Å². The van der Waals surface area contributed by atoms with Gasteiger partial charge >= 0.3 is 0 Å². The van der Waals surface area contributed by atoms with Crippen molar-refractivity contribution >= 4 is 17.2 Å². The molecule has 4 rings (SSSR count). The first-order valence-electron chi connectivity index (χ1n) is 11.6. The number of benzene rings is 1. The van der Waals surface area contributed by atoms with Crippen LogP contribution in [0.5, 0.6) is 0 Å². The molecule has 0 unspecified atom stereocenters. The first-order valence-corrected chi connectivity index (χ1v) is 12.4. The molecule has 0 atom stereocenters. The maximum atomic E-state index is 13.0. The van der Waals surface area contributed by atoms with E-state index in [2.05, 4.69) is 41.4 Å². The molecule has 1 aliphatic heterocycles. The Morgan fingerprint density at radius 2 is 1.70 bits per heavy atom. The number of nitrogens with one attached hydrogen (secondary N) is 1. The molecule has 1 saturated carbocycles. The first kappa shape index (κ1) is 21.5. The van der Waals surface area contributed by atoms with E-state index in [1.54, 1.807) is 11.3 Å². The number of amides is 1. The molecule has 1 amide bonds. The number of nitrogens with zero attached hydrogens (tertiary/aromatic N) is 2. The Kier molecular flexibility index (Phi) is 6.89. The number of carbonyl (C=O) groups is 1. The van der Waals surface area contributed by atoms with Crippen molar-refractivity contribution in [2.75, 3.05) is 19.6 Å². The summed E-state index contributed by atoms with van der Waals surface area (Å²) in [6, 6.07) is 8.44. The van der Waals surface area contributed by atoms with Gasteiger partial charge in [0.2, 0.25) is 5.91 Å². The molecule has 30 heavy (non-hydrogen) atoms. The average molecular weight is 426 g/mol. The number of hydrogen-bond donors (Lipinski definition) is 1. The molecule has 4 nitrogen and oxygen atoms in total. The number of thiazole rings is 1. The molecular weight excluding hydrogens is 390 g/mol. The molecule has 2 heterocycles. The van der Waals surface area contributed by atoms with Crippen LogP contribution in [0.4, 0.5) is 0 Å². The van der Waals surface area contributed by atoms with Crippen LogP contribution in [0.15, 0.2) is 24.3 Å². The molecule has 1 aromatic heterocycles. The molecule has 1 aromatic carbocycles. The number of rotatable bonds is 6. The highest BCUT2D eigenvalue weighted by Gasteiger charge is 2.38. The SMILES string of the molecule is Cc1ccc(-c2nc(C)sc2CC(=O)NCC2(N3CCCCC3)CCCCC2)cc1. The molecule has 2 aromatic rings. The van der Waals surface area contributed by atoms with E-state index >= 15 is 0 Å². The van der Waals surface area contributed by atoms with Crippen LogP contribution in [-0.4, -0.2) is 41.0 Å². The van der Waals surface area contributed by atoms with Crippen molar-refractivity contribution in [3.8, 4) is 11.3 Å². The van der Waals surface area contributed by atoms with Gasteiger partial charge in [0.05, 0.1) is 17.1 Å². The van der Waals surface area contributed by atoms with Crippen molar-refractivity contribution in [1.82, 2.24) is 15.2 Å². The monoisotopic (exact) mass is 425 g/mol.